The fourth-order valence-electron chi connectivity index (χ4n) is 1.69. The maximum Gasteiger partial charge on any atom is 0.216 e. The van der Waals surface area contributed by atoms with E-state index < -0.39 is 0 Å². The molecule has 3 N–H and O–H groups in total. The molecule has 1 heterocycles. The minimum atomic E-state index is 0.411. The van der Waals surface area contributed by atoms with E-state index in [9.17, 15) is 0 Å². The summed E-state index contributed by atoms with van der Waals surface area (Å²) in [5.74, 6) is 2.41. The number of aromatic nitrogens is 3. The van der Waals surface area contributed by atoms with Gasteiger partial charge < -0.3 is 5.73 Å². The molecule has 0 atom stereocenters. The minimum Gasteiger partial charge on any atom is -0.368 e. The van der Waals surface area contributed by atoms with Crippen LogP contribution in [0.2, 0.25) is 0 Å². The molecular weight excluding hydrogens is 184 g/mol. The number of anilines is 1. The van der Waals surface area contributed by atoms with E-state index in [1.54, 1.807) is 11.8 Å². The number of nitrogens with two attached hydrogens (primary N) is 1. The SMILES string of the molecule is Nc1nc(SCC2CCCC2)n[nH]1. The van der Waals surface area contributed by atoms with Gasteiger partial charge in [-0.1, -0.05) is 24.6 Å². The molecule has 13 heavy (non-hydrogen) atoms. The molecule has 1 aromatic heterocycles. The van der Waals surface area contributed by atoms with Crippen molar-refractivity contribution in [1.82, 2.24) is 15.2 Å². The first-order chi connectivity index (χ1) is 6.34. The van der Waals surface area contributed by atoms with Crippen molar-refractivity contribution in [2.75, 3.05) is 11.5 Å². The molecule has 0 spiro atoms. The van der Waals surface area contributed by atoms with E-state index in [4.69, 9.17) is 5.73 Å². The van der Waals surface area contributed by atoms with Gasteiger partial charge in [-0.25, -0.2) is 5.10 Å². The summed E-state index contributed by atoms with van der Waals surface area (Å²) in [7, 11) is 0. The molecule has 1 saturated carbocycles. The predicted octanol–water partition coefficient (Wildman–Crippen LogP) is 1.67. The number of rotatable bonds is 3. The molecule has 0 radical (unpaired) electrons. The average Bonchev–Trinajstić information content (AvgIpc) is 2.71. The molecular formula is C8H14N4S. The van der Waals surface area contributed by atoms with Crippen molar-refractivity contribution in [2.45, 2.75) is 30.8 Å². The Morgan fingerprint density at radius 2 is 2.23 bits per heavy atom. The summed E-state index contributed by atoms with van der Waals surface area (Å²) in [4.78, 5) is 4.05. The molecule has 2 rings (SSSR count). The van der Waals surface area contributed by atoms with Gasteiger partial charge in [0, 0.05) is 5.75 Å². The lowest BCUT2D eigenvalue weighted by molar-refractivity contribution is 0.622. The lowest BCUT2D eigenvalue weighted by Gasteiger charge is -2.04. The van der Waals surface area contributed by atoms with Crippen molar-refractivity contribution in [1.29, 1.82) is 0 Å². The zero-order valence-electron chi connectivity index (χ0n) is 7.49. The fourth-order valence-corrected chi connectivity index (χ4v) is 2.68. The molecule has 0 unspecified atom stereocenters. The molecule has 0 amide bonds. The second kappa shape index (κ2) is 4.00. The molecule has 72 valence electrons. The van der Waals surface area contributed by atoms with Crippen LogP contribution in [0.4, 0.5) is 5.95 Å². The first-order valence-electron chi connectivity index (χ1n) is 4.65. The maximum atomic E-state index is 5.42. The minimum absolute atomic E-state index is 0.411. The molecule has 1 aromatic rings. The first kappa shape index (κ1) is 8.87. The fraction of sp³-hybridized carbons (Fsp3) is 0.750. The summed E-state index contributed by atoms with van der Waals surface area (Å²) in [5, 5.41) is 7.40. The third-order valence-electron chi connectivity index (χ3n) is 2.41. The Balaban J connectivity index is 1.78. The van der Waals surface area contributed by atoms with Crippen molar-refractivity contribution in [2.24, 2.45) is 5.92 Å². The number of aromatic amines is 1. The van der Waals surface area contributed by atoms with Crippen LogP contribution in [0.25, 0.3) is 0 Å². The van der Waals surface area contributed by atoms with Gasteiger partial charge in [0.15, 0.2) is 0 Å². The van der Waals surface area contributed by atoms with Crippen LogP contribution in [0.15, 0.2) is 5.16 Å². The van der Waals surface area contributed by atoms with E-state index in [2.05, 4.69) is 15.2 Å². The van der Waals surface area contributed by atoms with Gasteiger partial charge in [0.05, 0.1) is 0 Å². The lowest BCUT2D eigenvalue weighted by atomic mass is 10.1. The molecule has 1 fully saturated rings. The number of hydrogen-bond acceptors (Lipinski definition) is 4. The van der Waals surface area contributed by atoms with Crippen molar-refractivity contribution in [3.8, 4) is 0 Å². The number of nitrogens with one attached hydrogen (secondary N) is 1. The molecule has 4 nitrogen and oxygen atoms in total. The highest BCUT2D eigenvalue weighted by Crippen LogP contribution is 2.29. The van der Waals surface area contributed by atoms with Crippen molar-refractivity contribution < 1.29 is 0 Å². The molecule has 0 aromatic carbocycles. The molecule has 1 aliphatic rings. The van der Waals surface area contributed by atoms with Crippen LogP contribution < -0.4 is 5.73 Å². The van der Waals surface area contributed by atoms with Gasteiger partial charge in [-0.15, -0.1) is 5.10 Å². The summed E-state index contributed by atoms with van der Waals surface area (Å²) in [6.45, 7) is 0. The van der Waals surface area contributed by atoms with Crippen molar-refractivity contribution in [3.05, 3.63) is 0 Å². The van der Waals surface area contributed by atoms with Gasteiger partial charge in [0.25, 0.3) is 0 Å². The van der Waals surface area contributed by atoms with Gasteiger partial charge in [0.2, 0.25) is 11.1 Å². The summed E-state index contributed by atoms with van der Waals surface area (Å²) < 4.78 is 0. The molecule has 0 aliphatic heterocycles. The van der Waals surface area contributed by atoms with Gasteiger partial charge >= 0.3 is 0 Å². The Labute approximate surface area is 81.7 Å². The Bertz CT molecular complexity index is 267. The van der Waals surface area contributed by atoms with Crippen LogP contribution in [0.3, 0.4) is 0 Å². The average molecular weight is 198 g/mol. The third kappa shape index (κ3) is 2.37. The van der Waals surface area contributed by atoms with E-state index in [1.807, 2.05) is 0 Å². The summed E-state index contributed by atoms with van der Waals surface area (Å²) >= 11 is 1.71. The van der Waals surface area contributed by atoms with Gasteiger partial charge in [-0.3, -0.25) is 0 Å². The summed E-state index contributed by atoms with van der Waals surface area (Å²) in [5.41, 5.74) is 5.42. The number of nitrogen functional groups attached to an aromatic ring is 1. The van der Waals surface area contributed by atoms with E-state index in [0.717, 1.165) is 16.8 Å². The zero-order chi connectivity index (χ0) is 9.10. The number of hydrogen-bond donors (Lipinski definition) is 2. The Kier molecular flexibility index (Phi) is 2.73. The molecule has 1 aliphatic carbocycles. The first-order valence-corrected chi connectivity index (χ1v) is 5.64. The van der Waals surface area contributed by atoms with Crippen LogP contribution in [0, 0.1) is 5.92 Å². The lowest BCUT2D eigenvalue weighted by Crippen LogP contribution is -1.96. The highest BCUT2D eigenvalue weighted by molar-refractivity contribution is 7.99. The number of nitrogens with zero attached hydrogens (tertiary/aromatic N) is 2. The summed E-state index contributed by atoms with van der Waals surface area (Å²) in [6, 6.07) is 0. The summed E-state index contributed by atoms with van der Waals surface area (Å²) in [6.07, 6.45) is 5.52. The van der Waals surface area contributed by atoms with Gasteiger partial charge in [-0.2, -0.15) is 4.98 Å². The van der Waals surface area contributed by atoms with Crippen LogP contribution in [-0.4, -0.2) is 20.9 Å². The normalized spacial score (nSPS) is 18.2. The van der Waals surface area contributed by atoms with E-state index >= 15 is 0 Å². The second-order valence-corrected chi connectivity index (χ2v) is 4.45. The molecule has 0 saturated heterocycles. The van der Waals surface area contributed by atoms with E-state index in [-0.39, 0.29) is 0 Å². The largest absolute Gasteiger partial charge is 0.368 e. The van der Waals surface area contributed by atoms with Crippen LogP contribution in [0.1, 0.15) is 25.7 Å². The van der Waals surface area contributed by atoms with Crippen LogP contribution >= 0.6 is 11.8 Å². The van der Waals surface area contributed by atoms with Crippen molar-refractivity contribution >= 4 is 17.7 Å². The second-order valence-electron chi connectivity index (χ2n) is 3.46. The molecule has 0 bridgehead atoms. The Morgan fingerprint density at radius 1 is 1.46 bits per heavy atom. The predicted molar refractivity (Wildman–Crippen MR) is 53.5 cm³/mol. The van der Waals surface area contributed by atoms with Crippen molar-refractivity contribution in [3.63, 3.8) is 0 Å². The number of H-pyrrole nitrogens is 1. The van der Waals surface area contributed by atoms with Crippen LogP contribution in [0.5, 0.6) is 0 Å². The Morgan fingerprint density at radius 3 is 2.85 bits per heavy atom. The zero-order valence-corrected chi connectivity index (χ0v) is 8.31. The van der Waals surface area contributed by atoms with Gasteiger partial charge in [0.1, 0.15) is 0 Å². The van der Waals surface area contributed by atoms with E-state index in [1.165, 1.54) is 25.7 Å². The third-order valence-corrected chi connectivity index (χ3v) is 3.48. The van der Waals surface area contributed by atoms with E-state index in [0.29, 0.717) is 5.95 Å². The molecule has 5 heteroatoms. The Hall–Kier alpha value is -0.710. The van der Waals surface area contributed by atoms with Gasteiger partial charge in [-0.05, 0) is 18.8 Å². The quantitative estimate of drug-likeness (QED) is 0.725. The highest BCUT2D eigenvalue weighted by atomic mass is 32.2. The smallest absolute Gasteiger partial charge is 0.216 e. The standard InChI is InChI=1S/C8H14N4S/c9-7-10-8(12-11-7)13-5-6-3-1-2-4-6/h6H,1-5H2,(H3,9,10,11,12). The number of thioether (sulfide) groups is 1. The topological polar surface area (TPSA) is 67.6 Å². The maximum absolute atomic E-state index is 5.42. The van der Waals surface area contributed by atoms with Crippen LogP contribution in [-0.2, 0) is 0 Å². The monoisotopic (exact) mass is 198 g/mol. The highest BCUT2D eigenvalue weighted by Gasteiger charge is 2.15.